The fourth-order valence-corrected chi connectivity index (χ4v) is 3.63. The lowest BCUT2D eigenvalue weighted by Crippen LogP contribution is -2.43. The number of imidazole rings is 1. The van der Waals surface area contributed by atoms with Crippen molar-refractivity contribution in [3.63, 3.8) is 0 Å². The molecule has 0 spiro atoms. The second-order valence-corrected chi connectivity index (χ2v) is 7.11. The molecule has 0 radical (unpaired) electrons. The van der Waals surface area contributed by atoms with Crippen molar-refractivity contribution in [3.05, 3.63) is 54.0 Å². The van der Waals surface area contributed by atoms with Gasteiger partial charge in [-0.15, -0.1) is 0 Å². The smallest absolute Gasteiger partial charge is 0.162 e. The molecule has 2 aromatic carbocycles. The number of ether oxygens (including phenoxy) is 2. The van der Waals surface area contributed by atoms with Gasteiger partial charge in [-0.25, -0.2) is 4.98 Å². The van der Waals surface area contributed by atoms with Gasteiger partial charge >= 0.3 is 0 Å². The molecule has 1 aliphatic heterocycles. The Kier molecular flexibility index (Phi) is 4.03. The number of methoxy groups -OCH3 is 2. The number of para-hydroxylation sites is 2. The van der Waals surface area contributed by atoms with Gasteiger partial charge in [0.15, 0.2) is 11.5 Å². The number of rotatable bonds is 4. The molecule has 0 fully saturated rings. The van der Waals surface area contributed by atoms with E-state index in [-0.39, 0.29) is 11.6 Å². The number of aliphatic hydroxyl groups is 1. The predicted octanol–water partition coefficient (Wildman–Crippen LogP) is 4.13. The molecule has 0 unspecified atom stereocenters. The van der Waals surface area contributed by atoms with E-state index in [4.69, 9.17) is 14.9 Å². The van der Waals surface area contributed by atoms with E-state index in [0.717, 1.165) is 11.0 Å². The number of hydrogen-bond donors (Lipinski definition) is 3. The predicted molar refractivity (Wildman–Crippen MR) is 109 cm³/mol. The van der Waals surface area contributed by atoms with E-state index in [0.29, 0.717) is 28.6 Å². The number of aliphatic hydroxyl groups excluding tert-OH is 1. The third-order valence-corrected chi connectivity index (χ3v) is 5.09. The Hall–Kier alpha value is -3.48. The van der Waals surface area contributed by atoms with Crippen molar-refractivity contribution in [2.24, 2.45) is 0 Å². The second-order valence-electron chi connectivity index (χ2n) is 7.11. The highest BCUT2D eigenvalue weighted by Gasteiger charge is 2.46. The van der Waals surface area contributed by atoms with Gasteiger partial charge in [0.1, 0.15) is 17.4 Å². The van der Waals surface area contributed by atoms with Crippen molar-refractivity contribution in [1.82, 2.24) is 9.97 Å². The minimum atomic E-state index is -0.828. The minimum Gasteiger partial charge on any atom is -0.509 e. The summed E-state index contributed by atoms with van der Waals surface area (Å²) in [4.78, 5) is 9.53. The van der Waals surface area contributed by atoms with Gasteiger partial charge in [-0.1, -0.05) is 12.1 Å². The zero-order valence-corrected chi connectivity index (χ0v) is 16.2. The highest BCUT2D eigenvalue weighted by Crippen LogP contribution is 2.43. The van der Waals surface area contributed by atoms with E-state index in [2.05, 4.69) is 9.97 Å². The van der Waals surface area contributed by atoms with Crippen LogP contribution in [0.4, 0.5) is 5.69 Å². The van der Waals surface area contributed by atoms with Gasteiger partial charge in [-0.05, 0) is 38.1 Å². The molecule has 3 aromatic rings. The third kappa shape index (κ3) is 2.51. The molecular formula is C21H22N4O3. The highest BCUT2D eigenvalue weighted by molar-refractivity contribution is 6.31. The van der Waals surface area contributed by atoms with E-state index >= 15 is 0 Å². The third-order valence-electron chi connectivity index (χ3n) is 5.09. The topological polar surface area (TPSA) is 94.5 Å². The van der Waals surface area contributed by atoms with Crippen molar-refractivity contribution >= 4 is 28.1 Å². The standard InChI is InChI=1S/C21H22N4O3/c1-21(2)18(26)17(20-23-13-7-5-6-8-14(13)24-20)19(22)25(21)12-9-10-15(27-3)16(11-12)28-4/h5-11,22,26H,1-4H3,(H,23,24). The summed E-state index contributed by atoms with van der Waals surface area (Å²) in [6, 6.07) is 13.0. The zero-order chi connectivity index (χ0) is 20.1. The molecule has 7 nitrogen and oxygen atoms in total. The fourth-order valence-electron chi connectivity index (χ4n) is 3.63. The van der Waals surface area contributed by atoms with E-state index in [1.54, 1.807) is 31.3 Å². The number of nitrogens with zero attached hydrogens (tertiary/aromatic N) is 2. The molecule has 0 saturated carbocycles. The Morgan fingerprint density at radius 3 is 2.46 bits per heavy atom. The second kappa shape index (κ2) is 6.30. The molecule has 0 saturated heterocycles. The van der Waals surface area contributed by atoms with Crippen molar-refractivity contribution in [2.75, 3.05) is 19.1 Å². The van der Waals surface area contributed by atoms with Crippen LogP contribution in [0.1, 0.15) is 19.7 Å². The quantitative estimate of drug-likeness (QED) is 0.635. The summed E-state index contributed by atoms with van der Waals surface area (Å²) in [5.74, 6) is 1.88. The van der Waals surface area contributed by atoms with E-state index in [1.165, 1.54) is 0 Å². The number of amidine groups is 1. The van der Waals surface area contributed by atoms with Crippen LogP contribution in [0, 0.1) is 5.41 Å². The number of hydrogen-bond acceptors (Lipinski definition) is 5. The van der Waals surface area contributed by atoms with Gasteiger partial charge < -0.3 is 24.5 Å². The summed E-state index contributed by atoms with van der Waals surface area (Å²) < 4.78 is 10.7. The largest absolute Gasteiger partial charge is 0.509 e. The number of benzene rings is 2. The van der Waals surface area contributed by atoms with Gasteiger partial charge in [-0.3, -0.25) is 5.41 Å². The molecular weight excluding hydrogens is 356 g/mol. The van der Waals surface area contributed by atoms with Gasteiger partial charge in [0.2, 0.25) is 0 Å². The van der Waals surface area contributed by atoms with Crippen molar-refractivity contribution in [1.29, 1.82) is 5.41 Å². The molecule has 28 heavy (non-hydrogen) atoms. The Morgan fingerprint density at radius 2 is 1.79 bits per heavy atom. The van der Waals surface area contributed by atoms with Crippen LogP contribution in [0.25, 0.3) is 16.6 Å². The molecule has 0 amide bonds. The maximum absolute atomic E-state index is 11.0. The number of anilines is 1. The summed E-state index contributed by atoms with van der Waals surface area (Å²) in [5, 5.41) is 19.8. The molecule has 0 aliphatic carbocycles. The first kappa shape index (κ1) is 17.9. The zero-order valence-electron chi connectivity index (χ0n) is 16.2. The Labute approximate surface area is 162 Å². The molecule has 0 bridgehead atoms. The molecule has 4 rings (SSSR count). The van der Waals surface area contributed by atoms with Crippen LogP contribution in [-0.2, 0) is 0 Å². The molecule has 1 aromatic heterocycles. The summed E-state index contributed by atoms with van der Waals surface area (Å²) in [5.41, 5.74) is 1.91. The molecule has 3 N–H and O–H groups in total. The summed E-state index contributed by atoms with van der Waals surface area (Å²) in [6.07, 6.45) is 0. The van der Waals surface area contributed by atoms with Gasteiger partial charge in [0, 0.05) is 11.8 Å². The van der Waals surface area contributed by atoms with Crippen LogP contribution in [0.3, 0.4) is 0 Å². The number of fused-ring (bicyclic) bond motifs is 1. The Bertz CT molecular complexity index is 1080. The van der Waals surface area contributed by atoms with Crippen LogP contribution < -0.4 is 14.4 Å². The Balaban J connectivity index is 1.82. The molecule has 1 aliphatic rings. The minimum absolute atomic E-state index is 0.0892. The Morgan fingerprint density at radius 1 is 1.07 bits per heavy atom. The van der Waals surface area contributed by atoms with Crippen molar-refractivity contribution in [3.8, 4) is 11.5 Å². The average Bonchev–Trinajstić information content (AvgIpc) is 3.17. The maximum Gasteiger partial charge on any atom is 0.162 e. The summed E-state index contributed by atoms with van der Waals surface area (Å²) in [6.45, 7) is 3.73. The molecule has 0 atom stereocenters. The van der Waals surface area contributed by atoms with E-state index < -0.39 is 5.54 Å². The van der Waals surface area contributed by atoms with Crippen LogP contribution >= 0.6 is 0 Å². The number of nitrogens with one attached hydrogen (secondary N) is 2. The van der Waals surface area contributed by atoms with Crippen molar-refractivity contribution in [2.45, 2.75) is 19.4 Å². The lowest BCUT2D eigenvalue weighted by Gasteiger charge is -2.33. The van der Waals surface area contributed by atoms with Crippen LogP contribution in [0.5, 0.6) is 11.5 Å². The number of aromatic nitrogens is 2. The van der Waals surface area contributed by atoms with E-state index in [9.17, 15) is 5.11 Å². The number of H-pyrrole nitrogens is 1. The van der Waals surface area contributed by atoms with Crippen molar-refractivity contribution < 1.29 is 14.6 Å². The van der Waals surface area contributed by atoms with Crippen LogP contribution in [0.15, 0.2) is 48.2 Å². The monoisotopic (exact) mass is 378 g/mol. The fraction of sp³-hybridized carbons (Fsp3) is 0.238. The maximum atomic E-state index is 11.0. The molecule has 7 heteroatoms. The summed E-state index contributed by atoms with van der Waals surface area (Å²) >= 11 is 0. The van der Waals surface area contributed by atoms with Gasteiger partial charge in [-0.2, -0.15) is 0 Å². The normalized spacial score (nSPS) is 16.1. The lowest BCUT2D eigenvalue weighted by atomic mass is 10.0. The highest BCUT2D eigenvalue weighted by atomic mass is 16.5. The lowest BCUT2D eigenvalue weighted by molar-refractivity contribution is 0.333. The average molecular weight is 378 g/mol. The van der Waals surface area contributed by atoms with Gasteiger partial charge in [0.05, 0.1) is 36.4 Å². The number of aromatic amines is 1. The first-order valence-corrected chi connectivity index (χ1v) is 8.88. The van der Waals surface area contributed by atoms with Crippen LogP contribution in [0.2, 0.25) is 0 Å². The molecule has 144 valence electrons. The summed E-state index contributed by atoms with van der Waals surface area (Å²) in [7, 11) is 3.14. The van der Waals surface area contributed by atoms with Gasteiger partial charge in [0.25, 0.3) is 0 Å². The SMILES string of the molecule is COc1ccc(N2C(=N)C(c3nc4ccccc4[nH]3)=C(O)C2(C)C)cc1OC. The van der Waals surface area contributed by atoms with Crippen LogP contribution in [-0.4, -0.2) is 40.7 Å². The first-order chi connectivity index (χ1) is 13.4. The first-order valence-electron chi connectivity index (χ1n) is 8.88. The molecule has 2 heterocycles. The van der Waals surface area contributed by atoms with E-state index in [1.807, 2.05) is 44.2 Å².